The Bertz CT molecular complexity index is 1150. The van der Waals surface area contributed by atoms with Crippen LogP contribution in [-0.2, 0) is 0 Å². The van der Waals surface area contributed by atoms with Gasteiger partial charge in [0.15, 0.2) is 0 Å². The molecule has 7 heteroatoms. The smallest absolute Gasteiger partial charge is 0.147 e. The molecular weight excluding hydrogens is 417 g/mol. The van der Waals surface area contributed by atoms with Gasteiger partial charge in [0.25, 0.3) is 0 Å². The van der Waals surface area contributed by atoms with Crippen molar-refractivity contribution in [2.24, 2.45) is 0 Å². The summed E-state index contributed by atoms with van der Waals surface area (Å²) in [4.78, 5) is 8.60. The van der Waals surface area contributed by atoms with Crippen LogP contribution < -0.4 is 5.32 Å². The summed E-state index contributed by atoms with van der Waals surface area (Å²) >= 11 is 18.6. The van der Waals surface area contributed by atoms with Crippen LogP contribution >= 0.6 is 34.8 Å². The standard InChI is InChI=1S/C21H14Cl3N3O/c22-13-4-7-17(24)16(10-13)20(27-18-8-5-14(23)11-26-18)15-6-3-12-2-1-9-25-19(12)21(15)28/h1-11,20,28H,(H,26,27). The largest absolute Gasteiger partial charge is 0.505 e. The molecule has 2 aromatic heterocycles. The number of phenols is 1. The van der Waals surface area contributed by atoms with Gasteiger partial charge in [0.05, 0.1) is 11.1 Å². The fourth-order valence-electron chi connectivity index (χ4n) is 3.05. The Kier molecular flexibility index (Phi) is 5.27. The van der Waals surface area contributed by atoms with Gasteiger partial charge in [-0.2, -0.15) is 0 Å². The molecule has 4 rings (SSSR count). The van der Waals surface area contributed by atoms with Crippen LogP contribution in [0.15, 0.2) is 67.0 Å². The van der Waals surface area contributed by atoms with Gasteiger partial charge in [-0.25, -0.2) is 4.98 Å². The highest BCUT2D eigenvalue weighted by Crippen LogP contribution is 2.39. The molecule has 0 radical (unpaired) electrons. The second-order valence-corrected chi connectivity index (χ2v) is 7.46. The van der Waals surface area contributed by atoms with Gasteiger partial charge >= 0.3 is 0 Å². The minimum atomic E-state index is -0.508. The number of pyridine rings is 2. The Morgan fingerprint density at radius 1 is 0.857 bits per heavy atom. The number of aromatic nitrogens is 2. The number of hydrogen-bond acceptors (Lipinski definition) is 4. The van der Waals surface area contributed by atoms with Crippen molar-refractivity contribution in [3.8, 4) is 5.75 Å². The fourth-order valence-corrected chi connectivity index (χ4v) is 3.57. The zero-order valence-corrected chi connectivity index (χ0v) is 16.7. The lowest BCUT2D eigenvalue weighted by Gasteiger charge is -2.23. The van der Waals surface area contributed by atoms with Gasteiger partial charge < -0.3 is 10.4 Å². The maximum Gasteiger partial charge on any atom is 0.147 e. The first-order chi connectivity index (χ1) is 13.5. The topological polar surface area (TPSA) is 58.0 Å². The summed E-state index contributed by atoms with van der Waals surface area (Å²) in [5.74, 6) is 0.645. The van der Waals surface area contributed by atoms with Gasteiger partial charge in [0.1, 0.15) is 17.1 Å². The predicted octanol–water partition coefficient (Wildman–Crippen LogP) is 6.50. The van der Waals surface area contributed by atoms with Crippen LogP contribution in [0, 0.1) is 0 Å². The van der Waals surface area contributed by atoms with Crippen LogP contribution in [0.1, 0.15) is 17.2 Å². The van der Waals surface area contributed by atoms with Gasteiger partial charge in [-0.3, -0.25) is 4.98 Å². The zero-order valence-electron chi connectivity index (χ0n) is 14.4. The molecule has 2 heterocycles. The third-order valence-electron chi connectivity index (χ3n) is 4.38. The second kappa shape index (κ2) is 7.84. The molecule has 0 saturated carbocycles. The molecule has 0 bridgehead atoms. The van der Waals surface area contributed by atoms with Crippen LogP contribution in [0.2, 0.25) is 15.1 Å². The molecule has 4 nitrogen and oxygen atoms in total. The van der Waals surface area contributed by atoms with E-state index in [4.69, 9.17) is 34.8 Å². The highest BCUT2D eigenvalue weighted by molar-refractivity contribution is 6.33. The van der Waals surface area contributed by atoms with Crippen molar-refractivity contribution in [3.05, 3.63) is 93.2 Å². The van der Waals surface area contributed by atoms with Crippen LogP contribution in [0.25, 0.3) is 10.9 Å². The molecule has 28 heavy (non-hydrogen) atoms. The quantitative estimate of drug-likeness (QED) is 0.388. The third kappa shape index (κ3) is 3.72. The maximum atomic E-state index is 10.9. The summed E-state index contributed by atoms with van der Waals surface area (Å²) < 4.78 is 0. The Balaban J connectivity index is 1.88. The lowest BCUT2D eigenvalue weighted by molar-refractivity contribution is 0.471. The van der Waals surface area contributed by atoms with E-state index in [9.17, 15) is 5.11 Å². The van der Waals surface area contributed by atoms with Gasteiger partial charge in [-0.15, -0.1) is 0 Å². The molecule has 0 aliphatic heterocycles. The van der Waals surface area contributed by atoms with Crippen molar-refractivity contribution in [2.45, 2.75) is 6.04 Å². The van der Waals surface area contributed by atoms with Crippen molar-refractivity contribution in [2.75, 3.05) is 5.32 Å². The molecule has 0 aliphatic rings. The Hall–Kier alpha value is -2.53. The first-order valence-corrected chi connectivity index (χ1v) is 9.56. The van der Waals surface area contributed by atoms with E-state index < -0.39 is 6.04 Å². The van der Waals surface area contributed by atoms with E-state index in [2.05, 4.69) is 15.3 Å². The maximum absolute atomic E-state index is 10.9. The summed E-state index contributed by atoms with van der Waals surface area (Å²) in [5, 5.41) is 16.7. The Morgan fingerprint density at radius 3 is 2.46 bits per heavy atom. The Morgan fingerprint density at radius 2 is 1.68 bits per heavy atom. The zero-order chi connectivity index (χ0) is 19.7. The number of hydrogen-bond donors (Lipinski definition) is 2. The molecule has 0 aliphatic carbocycles. The number of aromatic hydroxyl groups is 1. The highest BCUT2D eigenvalue weighted by atomic mass is 35.5. The van der Waals surface area contributed by atoms with Crippen molar-refractivity contribution < 1.29 is 5.11 Å². The number of fused-ring (bicyclic) bond motifs is 1. The molecule has 1 atom stereocenters. The Labute approximate surface area is 176 Å². The molecule has 2 N–H and O–H groups in total. The lowest BCUT2D eigenvalue weighted by Crippen LogP contribution is -2.14. The summed E-state index contributed by atoms with van der Waals surface area (Å²) in [6.45, 7) is 0. The van der Waals surface area contributed by atoms with Crippen molar-refractivity contribution >= 4 is 51.5 Å². The van der Waals surface area contributed by atoms with Gasteiger partial charge in [-0.05, 0) is 42.0 Å². The summed E-state index contributed by atoms with van der Waals surface area (Å²) in [7, 11) is 0. The van der Waals surface area contributed by atoms with E-state index in [0.717, 1.165) is 5.39 Å². The third-order valence-corrected chi connectivity index (χ3v) is 5.18. The van der Waals surface area contributed by atoms with Gasteiger partial charge in [0.2, 0.25) is 0 Å². The number of halogens is 3. The van der Waals surface area contributed by atoms with E-state index in [1.165, 1.54) is 0 Å². The summed E-state index contributed by atoms with van der Waals surface area (Å²) in [5.41, 5.74) is 1.82. The number of rotatable bonds is 4. The minimum Gasteiger partial charge on any atom is -0.505 e. The molecule has 0 fully saturated rings. The number of phenolic OH excluding ortho intramolecular Hbond substituents is 1. The van der Waals surface area contributed by atoms with Crippen molar-refractivity contribution in [1.82, 2.24) is 9.97 Å². The van der Waals surface area contributed by atoms with Gasteiger partial charge in [0, 0.05) is 33.4 Å². The van der Waals surface area contributed by atoms with Gasteiger partial charge in [-0.1, -0.05) is 53.0 Å². The number of benzene rings is 2. The highest BCUT2D eigenvalue weighted by Gasteiger charge is 2.23. The first kappa shape index (κ1) is 18.8. The first-order valence-electron chi connectivity index (χ1n) is 8.42. The average Bonchev–Trinajstić information content (AvgIpc) is 2.70. The molecule has 4 aromatic rings. The molecule has 2 aromatic carbocycles. The van der Waals surface area contributed by atoms with E-state index in [-0.39, 0.29) is 5.75 Å². The van der Waals surface area contributed by atoms with E-state index in [1.54, 1.807) is 42.7 Å². The summed E-state index contributed by atoms with van der Waals surface area (Å²) in [6, 6.07) is 15.6. The second-order valence-electron chi connectivity index (χ2n) is 6.18. The van der Waals surface area contributed by atoms with Crippen LogP contribution in [0.4, 0.5) is 5.82 Å². The molecule has 1 unspecified atom stereocenters. The monoisotopic (exact) mass is 429 g/mol. The van der Waals surface area contributed by atoms with Crippen LogP contribution in [-0.4, -0.2) is 15.1 Å². The van der Waals surface area contributed by atoms with Crippen molar-refractivity contribution in [3.63, 3.8) is 0 Å². The SMILES string of the molecule is Oc1c(C(Nc2ccc(Cl)cn2)c2cc(Cl)ccc2Cl)ccc2cccnc12. The average molecular weight is 431 g/mol. The molecule has 140 valence electrons. The van der Waals surface area contributed by atoms with E-state index in [0.29, 0.717) is 37.5 Å². The summed E-state index contributed by atoms with van der Waals surface area (Å²) in [6.07, 6.45) is 3.18. The van der Waals surface area contributed by atoms with E-state index in [1.807, 2.05) is 24.3 Å². The molecule has 0 amide bonds. The molecule has 0 spiro atoms. The van der Waals surface area contributed by atoms with Crippen LogP contribution in [0.5, 0.6) is 5.75 Å². The lowest BCUT2D eigenvalue weighted by atomic mass is 9.96. The normalized spacial score (nSPS) is 12.1. The molecular formula is C21H14Cl3N3O. The number of nitrogens with one attached hydrogen (secondary N) is 1. The number of anilines is 1. The fraction of sp³-hybridized carbons (Fsp3) is 0.0476. The minimum absolute atomic E-state index is 0.0700. The predicted molar refractivity (Wildman–Crippen MR) is 115 cm³/mol. The molecule has 0 saturated heterocycles. The number of nitrogens with zero attached hydrogens (tertiary/aromatic N) is 2. The van der Waals surface area contributed by atoms with Crippen LogP contribution in [0.3, 0.4) is 0 Å². The van der Waals surface area contributed by atoms with E-state index >= 15 is 0 Å². The van der Waals surface area contributed by atoms with Crippen molar-refractivity contribution in [1.29, 1.82) is 0 Å².